The number of amides is 2. The number of ether oxygens (including phenoxy) is 2. The molecule has 1 atom stereocenters. The Balaban J connectivity index is 1.85. The Morgan fingerprint density at radius 1 is 0.968 bits per heavy atom. The molecule has 0 aliphatic heterocycles. The number of esters is 1. The molecule has 0 saturated heterocycles. The highest BCUT2D eigenvalue weighted by Crippen LogP contribution is 2.11. The van der Waals surface area contributed by atoms with Crippen LogP contribution >= 0.6 is 0 Å². The summed E-state index contributed by atoms with van der Waals surface area (Å²) in [5.41, 5.74) is 3.01. The molecule has 2 amide bonds. The third kappa shape index (κ3) is 7.86. The molecular formula is C24H30N2O5. The van der Waals surface area contributed by atoms with Crippen molar-refractivity contribution in [3.8, 4) is 0 Å². The number of rotatable bonds is 9. The van der Waals surface area contributed by atoms with Crippen LogP contribution in [0.25, 0.3) is 0 Å². The van der Waals surface area contributed by atoms with Gasteiger partial charge >= 0.3 is 5.97 Å². The molecule has 0 spiro atoms. The fourth-order valence-corrected chi connectivity index (χ4v) is 2.72. The van der Waals surface area contributed by atoms with Gasteiger partial charge in [-0.05, 0) is 57.5 Å². The lowest BCUT2D eigenvalue weighted by Crippen LogP contribution is -2.41. The van der Waals surface area contributed by atoms with E-state index in [0.29, 0.717) is 17.9 Å². The summed E-state index contributed by atoms with van der Waals surface area (Å²) >= 11 is 0. The van der Waals surface area contributed by atoms with Gasteiger partial charge in [-0.2, -0.15) is 0 Å². The average molecular weight is 427 g/mol. The molecule has 7 nitrogen and oxygen atoms in total. The molecule has 0 unspecified atom stereocenters. The quantitative estimate of drug-likeness (QED) is 0.620. The second-order valence-electron chi connectivity index (χ2n) is 7.71. The number of carbonyl (C=O) groups excluding carboxylic acids is 3. The standard InChI is InChI=1S/C24H30N2O5/c1-16(2)30-15-19-8-10-20(11-9-19)24(29)31-18(4)23(28)26(5)14-22(27)25-21-12-6-17(3)7-13-21/h6-13,16,18H,14-15H2,1-5H3,(H,25,27)/t18-/m0/s1. The van der Waals surface area contributed by atoms with Crippen LogP contribution < -0.4 is 5.32 Å². The number of hydrogen-bond acceptors (Lipinski definition) is 5. The van der Waals surface area contributed by atoms with E-state index in [0.717, 1.165) is 11.1 Å². The Morgan fingerprint density at radius 2 is 1.58 bits per heavy atom. The summed E-state index contributed by atoms with van der Waals surface area (Å²) in [6.45, 7) is 7.65. The average Bonchev–Trinajstić information content (AvgIpc) is 2.73. The van der Waals surface area contributed by atoms with Crippen LogP contribution in [-0.2, 0) is 25.7 Å². The van der Waals surface area contributed by atoms with E-state index in [4.69, 9.17) is 9.47 Å². The molecule has 2 aromatic carbocycles. The highest BCUT2D eigenvalue weighted by atomic mass is 16.5. The van der Waals surface area contributed by atoms with Gasteiger partial charge in [0, 0.05) is 12.7 Å². The van der Waals surface area contributed by atoms with Gasteiger partial charge in [0.2, 0.25) is 5.91 Å². The Bertz CT molecular complexity index is 891. The number of aryl methyl sites for hydroxylation is 1. The maximum atomic E-state index is 12.5. The van der Waals surface area contributed by atoms with E-state index >= 15 is 0 Å². The van der Waals surface area contributed by atoms with Crippen molar-refractivity contribution in [3.63, 3.8) is 0 Å². The molecule has 2 rings (SSSR count). The second-order valence-corrected chi connectivity index (χ2v) is 7.71. The van der Waals surface area contributed by atoms with Crippen LogP contribution in [0, 0.1) is 6.92 Å². The van der Waals surface area contributed by atoms with Gasteiger partial charge in [0.15, 0.2) is 6.10 Å². The van der Waals surface area contributed by atoms with E-state index in [-0.39, 0.29) is 18.6 Å². The van der Waals surface area contributed by atoms with Gasteiger partial charge in [-0.25, -0.2) is 4.79 Å². The molecule has 0 saturated carbocycles. The molecule has 0 radical (unpaired) electrons. The second kappa shape index (κ2) is 11.3. The summed E-state index contributed by atoms with van der Waals surface area (Å²) in [5, 5.41) is 2.73. The van der Waals surface area contributed by atoms with Crippen molar-refractivity contribution >= 4 is 23.5 Å². The maximum absolute atomic E-state index is 12.5. The van der Waals surface area contributed by atoms with Crippen LogP contribution in [0.4, 0.5) is 5.69 Å². The van der Waals surface area contributed by atoms with Crippen LogP contribution in [0.15, 0.2) is 48.5 Å². The maximum Gasteiger partial charge on any atom is 0.338 e. The third-order valence-electron chi connectivity index (χ3n) is 4.50. The minimum atomic E-state index is -1.02. The predicted molar refractivity (Wildman–Crippen MR) is 119 cm³/mol. The minimum Gasteiger partial charge on any atom is -0.449 e. The normalized spacial score (nSPS) is 11.7. The van der Waals surface area contributed by atoms with Crippen LogP contribution in [-0.4, -0.2) is 48.5 Å². The Labute approximate surface area is 183 Å². The number of benzene rings is 2. The summed E-state index contributed by atoms with van der Waals surface area (Å²) in [4.78, 5) is 38.3. The van der Waals surface area contributed by atoms with Crippen LogP contribution in [0.1, 0.15) is 42.3 Å². The number of carbonyl (C=O) groups is 3. The zero-order valence-corrected chi connectivity index (χ0v) is 18.7. The monoisotopic (exact) mass is 426 g/mol. The highest BCUT2D eigenvalue weighted by molar-refractivity contribution is 5.96. The van der Waals surface area contributed by atoms with Gasteiger partial charge in [0.25, 0.3) is 5.91 Å². The highest BCUT2D eigenvalue weighted by Gasteiger charge is 2.23. The third-order valence-corrected chi connectivity index (χ3v) is 4.50. The largest absolute Gasteiger partial charge is 0.449 e. The summed E-state index contributed by atoms with van der Waals surface area (Å²) in [6.07, 6.45) is -0.902. The van der Waals surface area contributed by atoms with E-state index in [1.165, 1.54) is 18.9 Å². The predicted octanol–water partition coefficient (Wildman–Crippen LogP) is 3.56. The minimum absolute atomic E-state index is 0.118. The molecule has 2 aromatic rings. The topological polar surface area (TPSA) is 84.9 Å². The summed E-state index contributed by atoms with van der Waals surface area (Å²) < 4.78 is 10.8. The van der Waals surface area contributed by atoms with Crippen molar-refractivity contribution in [2.24, 2.45) is 0 Å². The molecule has 0 aromatic heterocycles. The first kappa shape index (κ1) is 24.1. The lowest BCUT2D eigenvalue weighted by atomic mass is 10.1. The molecule has 0 aliphatic rings. The summed E-state index contributed by atoms with van der Waals surface area (Å²) in [5.74, 6) is -1.40. The summed E-state index contributed by atoms with van der Waals surface area (Å²) in [7, 11) is 1.49. The fourth-order valence-electron chi connectivity index (χ4n) is 2.72. The van der Waals surface area contributed by atoms with Gasteiger partial charge in [-0.15, -0.1) is 0 Å². The smallest absolute Gasteiger partial charge is 0.338 e. The van der Waals surface area contributed by atoms with Crippen molar-refractivity contribution in [1.29, 1.82) is 0 Å². The van der Waals surface area contributed by atoms with Gasteiger partial charge < -0.3 is 19.7 Å². The van der Waals surface area contributed by atoms with Crippen molar-refractivity contribution in [2.45, 2.75) is 46.5 Å². The molecule has 7 heteroatoms. The van der Waals surface area contributed by atoms with Gasteiger partial charge in [-0.1, -0.05) is 29.8 Å². The Morgan fingerprint density at radius 3 is 2.16 bits per heavy atom. The number of nitrogens with one attached hydrogen (secondary N) is 1. The van der Waals surface area contributed by atoms with Crippen molar-refractivity contribution in [3.05, 3.63) is 65.2 Å². The van der Waals surface area contributed by atoms with E-state index in [2.05, 4.69) is 5.32 Å². The SMILES string of the molecule is Cc1ccc(NC(=O)CN(C)C(=O)[C@H](C)OC(=O)c2ccc(COC(C)C)cc2)cc1. The van der Waals surface area contributed by atoms with Crippen LogP contribution in [0.2, 0.25) is 0 Å². The number of likely N-dealkylation sites (N-methyl/N-ethyl adjacent to an activating group) is 1. The number of nitrogens with zero attached hydrogens (tertiary/aromatic N) is 1. The first-order chi connectivity index (χ1) is 14.7. The van der Waals surface area contributed by atoms with Gasteiger partial charge in [-0.3, -0.25) is 9.59 Å². The lowest BCUT2D eigenvalue weighted by molar-refractivity contribution is -0.140. The van der Waals surface area contributed by atoms with Crippen molar-refractivity contribution < 1.29 is 23.9 Å². The van der Waals surface area contributed by atoms with Crippen molar-refractivity contribution in [1.82, 2.24) is 4.90 Å². The molecule has 31 heavy (non-hydrogen) atoms. The van der Waals surface area contributed by atoms with Gasteiger partial charge in [0.05, 0.1) is 24.8 Å². The first-order valence-corrected chi connectivity index (χ1v) is 10.2. The summed E-state index contributed by atoms with van der Waals surface area (Å²) in [6, 6.07) is 14.2. The molecule has 0 aliphatic carbocycles. The Kier molecular flexibility index (Phi) is 8.75. The molecular weight excluding hydrogens is 396 g/mol. The zero-order valence-electron chi connectivity index (χ0n) is 18.7. The van der Waals surface area contributed by atoms with E-state index in [1.807, 2.05) is 32.9 Å². The van der Waals surface area contributed by atoms with E-state index in [9.17, 15) is 14.4 Å². The molecule has 0 fully saturated rings. The number of hydrogen-bond donors (Lipinski definition) is 1. The molecule has 0 heterocycles. The van der Waals surface area contributed by atoms with Crippen LogP contribution in [0.5, 0.6) is 0 Å². The Hall–Kier alpha value is -3.19. The fraction of sp³-hybridized carbons (Fsp3) is 0.375. The lowest BCUT2D eigenvalue weighted by Gasteiger charge is -2.21. The molecule has 166 valence electrons. The van der Waals surface area contributed by atoms with Crippen molar-refractivity contribution in [2.75, 3.05) is 18.9 Å². The van der Waals surface area contributed by atoms with Crippen LogP contribution in [0.3, 0.4) is 0 Å². The van der Waals surface area contributed by atoms with E-state index in [1.54, 1.807) is 36.4 Å². The number of anilines is 1. The first-order valence-electron chi connectivity index (χ1n) is 10.2. The molecule has 1 N–H and O–H groups in total. The van der Waals surface area contributed by atoms with E-state index < -0.39 is 18.0 Å². The zero-order chi connectivity index (χ0) is 23.0. The molecule has 0 bridgehead atoms. The van der Waals surface area contributed by atoms with Gasteiger partial charge in [0.1, 0.15) is 0 Å².